The molecule has 0 saturated heterocycles. The minimum absolute atomic E-state index is 0.0607. The third kappa shape index (κ3) is 4.05. The van der Waals surface area contributed by atoms with Crippen LogP contribution >= 0.6 is 0 Å². The van der Waals surface area contributed by atoms with Gasteiger partial charge in [0.25, 0.3) is 5.69 Å². The van der Waals surface area contributed by atoms with Crippen LogP contribution in [-0.4, -0.2) is 47.2 Å². The standard InChI is InChI=1S/C24H27N7O3/c1-6-25-21-22(29(2)3)20(31(32)33)13-18(23(21)34-5)28-24-26-12-11-17(27-24)16-14-30(4)19-10-8-7-9-15(16)19/h7-14,25H,6H2,1-5H3,(H,26,27,28). The van der Waals surface area contributed by atoms with E-state index in [1.54, 1.807) is 25.2 Å². The van der Waals surface area contributed by atoms with E-state index >= 15 is 0 Å². The Kier molecular flexibility index (Phi) is 6.22. The maximum atomic E-state index is 11.9. The molecule has 34 heavy (non-hydrogen) atoms. The molecule has 0 saturated carbocycles. The summed E-state index contributed by atoms with van der Waals surface area (Å²) in [4.78, 5) is 22.2. The number of nitro benzene ring substituents is 1. The molecular weight excluding hydrogens is 434 g/mol. The lowest BCUT2D eigenvalue weighted by Gasteiger charge is -2.22. The minimum atomic E-state index is -0.409. The molecule has 2 aromatic heterocycles. The lowest BCUT2D eigenvalue weighted by atomic mass is 10.1. The summed E-state index contributed by atoms with van der Waals surface area (Å²) >= 11 is 0. The quantitative estimate of drug-likeness (QED) is 0.285. The molecule has 0 aliphatic carbocycles. The Bertz CT molecular complexity index is 1360. The van der Waals surface area contributed by atoms with Crippen LogP contribution in [0.5, 0.6) is 5.75 Å². The van der Waals surface area contributed by atoms with Gasteiger partial charge in [-0.15, -0.1) is 0 Å². The van der Waals surface area contributed by atoms with Crippen LogP contribution in [0, 0.1) is 10.1 Å². The van der Waals surface area contributed by atoms with Crippen molar-refractivity contribution in [2.45, 2.75) is 6.92 Å². The zero-order valence-electron chi connectivity index (χ0n) is 19.8. The molecule has 2 heterocycles. The summed E-state index contributed by atoms with van der Waals surface area (Å²) in [6.07, 6.45) is 3.68. The predicted molar refractivity (Wildman–Crippen MR) is 135 cm³/mol. The number of para-hydroxylation sites is 1. The number of ether oxygens (including phenoxy) is 1. The number of benzene rings is 2. The van der Waals surface area contributed by atoms with Crippen LogP contribution in [0.4, 0.5) is 28.7 Å². The number of fused-ring (bicyclic) bond motifs is 1. The molecule has 0 radical (unpaired) electrons. The molecule has 0 atom stereocenters. The highest BCUT2D eigenvalue weighted by Crippen LogP contribution is 2.47. The summed E-state index contributed by atoms with van der Waals surface area (Å²) in [6.45, 7) is 2.48. The highest BCUT2D eigenvalue weighted by Gasteiger charge is 2.27. The smallest absolute Gasteiger partial charge is 0.297 e. The molecule has 0 spiro atoms. The van der Waals surface area contributed by atoms with Crippen molar-refractivity contribution in [2.24, 2.45) is 7.05 Å². The van der Waals surface area contributed by atoms with E-state index in [-0.39, 0.29) is 5.69 Å². The zero-order chi connectivity index (χ0) is 24.4. The topological polar surface area (TPSA) is 110 Å². The number of nitrogens with zero attached hydrogens (tertiary/aromatic N) is 5. The van der Waals surface area contributed by atoms with Crippen LogP contribution < -0.4 is 20.3 Å². The van der Waals surface area contributed by atoms with Gasteiger partial charge in [-0.1, -0.05) is 18.2 Å². The lowest BCUT2D eigenvalue weighted by molar-refractivity contribution is -0.384. The van der Waals surface area contributed by atoms with E-state index in [0.29, 0.717) is 35.3 Å². The number of anilines is 4. The van der Waals surface area contributed by atoms with Gasteiger partial charge in [-0.2, -0.15) is 0 Å². The Morgan fingerprint density at radius 2 is 2.00 bits per heavy atom. The molecule has 0 fully saturated rings. The van der Waals surface area contributed by atoms with E-state index in [1.165, 1.54) is 13.2 Å². The van der Waals surface area contributed by atoms with Crippen molar-refractivity contribution in [3.63, 3.8) is 0 Å². The van der Waals surface area contributed by atoms with Gasteiger partial charge in [-0.25, -0.2) is 9.97 Å². The maximum absolute atomic E-state index is 11.9. The second-order valence-corrected chi connectivity index (χ2v) is 7.94. The van der Waals surface area contributed by atoms with Crippen molar-refractivity contribution < 1.29 is 9.66 Å². The first-order valence-electron chi connectivity index (χ1n) is 10.8. The van der Waals surface area contributed by atoms with Crippen molar-refractivity contribution in [3.8, 4) is 17.0 Å². The van der Waals surface area contributed by atoms with E-state index in [4.69, 9.17) is 9.72 Å². The maximum Gasteiger partial charge on any atom is 0.297 e. The Balaban J connectivity index is 1.82. The van der Waals surface area contributed by atoms with Crippen molar-refractivity contribution in [2.75, 3.05) is 43.3 Å². The number of aryl methyl sites for hydroxylation is 1. The van der Waals surface area contributed by atoms with E-state index in [1.807, 2.05) is 38.4 Å². The van der Waals surface area contributed by atoms with E-state index in [2.05, 4.69) is 32.3 Å². The van der Waals surface area contributed by atoms with Gasteiger partial charge in [0, 0.05) is 62.6 Å². The fourth-order valence-electron chi connectivity index (χ4n) is 4.11. The Morgan fingerprint density at radius 3 is 2.68 bits per heavy atom. The summed E-state index contributed by atoms with van der Waals surface area (Å²) in [5, 5.41) is 19.3. The average Bonchev–Trinajstić information content (AvgIpc) is 3.15. The average molecular weight is 462 g/mol. The van der Waals surface area contributed by atoms with Gasteiger partial charge in [-0.3, -0.25) is 10.1 Å². The minimum Gasteiger partial charge on any atom is -0.492 e. The van der Waals surface area contributed by atoms with Crippen molar-refractivity contribution in [1.82, 2.24) is 14.5 Å². The first-order chi connectivity index (χ1) is 16.3. The molecule has 10 nitrogen and oxygen atoms in total. The van der Waals surface area contributed by atoms with Crippen molar-refractivity contribution >= 4 is 39.6 Å². The van der Waals surface area contributed by atoms with Gasteiger partial charge in [0.2, 0.25) is 5.95 Å². The number of rotatable bonds is 8. The Morgan fingerprint density at radius 1 is 1.24 bits per heavy atom. The molecule has 4 rings (SSSR count). The van der Waals surface area contributed by atoms with E-state index in [0.717, 1.165) is 22.2 Å². The van der Waals surface area contributed by atoms with Crippen LogP contribution in [0.1, 0.15) is 6.92 Å². The van der Waals surface area contributed by atoms with Gasteiger partial charge in [0.15, 0.2) is 5.75 Å². The Hall–Kier alpha value is -4.34. The largest absolute Gasteiger partial charge is 0.492 e. The molecule has 0 bridgehead atoms. The lowest BCUT2D eigenvalue weighted by Crippen LogP contribution is -2.16. The third-order valence-corrected chi connectivity index (χ3v) is 5.51. The van der Waals surface area contributed by atoms with Crippen LogP contribution in [-0.2, 0) is 7.05 Å². The molecule has 4 aromatic rings. The van der Waals surface area contributed by atoms with Crippen molar-refractivity contribution in [1.29, 1.82) is 0 Å². The third-order valence-electron chi connectivity index (χ3n) is 5.51. The summed E-state index contributed by atoms with van der Waals surface area (Å²) in [7, 11) is 7.03. The van der Waals surface area contributed by atoms with Gasteiger partial charge in [0.1, 0.15) is 11.4 Å². The first kappa shape index (κ1) is 22.8. The van der Waals surface area contributed by atoms with Crippen LogP contribution in [0.2, 0.25) is 0 Å². The number of hydrogen-bond acceptors (Lipinski definition) is 8. The Labute approximate surface area is 197 Å². The van der Waals surface area contributed by atoms with Gasteiger partial charge >= 0.3 is 0 Å². The van der Waals surface area contributed by atoms with Crippen molar-refractivity contribution in [3.05, 3.63) is 58.9 Å². The second-order valence-electron chi connectivity index (χ2n) is 7.94. The fraction of sp³-hybridized carbons (Fsp3) is 0.250. The number of hydrogen-bond donors (Lipinski definition) is 2. The molecule has 0 aliphatic rings. The van der Waals surface area contributed by atoms with E-state index in [9.17, 15) is 10.1 Å². The number of aromatic nitrogens is 3. The molecule has 2 aromatic carbocycles. The molecule has 0 aliphatic heterocycles. The molecule has 0 amide bonds. The highest BCUT2D eigenvalue weighted by atomic mass is 16.6. The highest BCUT2D eigenvalue weighted by molar-refractivity contribution is 5.95. The van der Waals surface area contributed by atoms with Crippen LogP contribution in [0.15, 0.2) is 48.8 Å². The van der Waals surface area contributed by atoms with Crippen LogP contribution in [0.25, 0.3) is 22.2 Å². The summed E-state index contributed by atoms with van der Waals surface area (Å²) < 4.78 is 7.72. The number of nitro groups is 1. The predicted octanol–water partition coefficient (Wildman–Crippen LogP) is 4.79. The van der Waals surface area contributed by atoms with Gasteiger partial charge in [-0.05, 0) is 19.1 Å². The summed E-state index contributed by atoms with van der Waals surface area (Å²) in [5.41, 5.74) is 4.09. The normalized spacial score (nSPS) is 10.9. The molecule has 176 valence electrons. The first-order valence-corrected chi connectivity index (χ1v) is 10.8. The van der Waals surface area contributed by atoms with Gasteiger partial charge in [0.05, 0.1) is 23.4 Å². The summed E-state index contributed by atoms with van der Waals surface area (Å²) in [6, 6.07) is 11.4. The monoisotopic (exact) mass is 461 g/mol. The molecule has 0 unspecified atom stereocenters. The number of nitrogens with one attached hydrogen (secondary N) is 2. The number of methoxy groups -OCH3 is 1. The van der Waals surface area contributed by atoms with Gasteiger partial charge < -0.3 is 24.8 Å². The second kappa shape index (κ2) is 9.26. The SMILES string of the molecule is CCNc1c(OC)c(Nc2nccc(-c3cn(C)c4ccccc34)n2)cc([N+](=O)[O-])c1N(C)C. The fourth-order valence-corrected chi connectivity index (χ4v) is 4.11. The molecule has 2 N–H and O–H groups in total. The van der Waals surface area contributed by atoms with Crippen LogP contribution in [0.3, 0.4) is 0 Å². The molecule has 10 heteroatoms. The summed E-state index contributed by atoms with van der Waals surface area (Å²) in [5.74, 6) is 0.744. The molecular formula is C24H27N7O3. The van der Waals surface area contributed by atoms with E-state index < -0.39 is 4.92 Å². The zero-order valence-corrected chi connectivity index (χ0v) is 19.8.